The molecule has 1 aliphatic heterocycles. The van der Waals surface area contributed by atoms with Crippen molar-refractivity contribution in [1.29, 1.82) is 0 Å². The summed E-state index contributed by atoms with van der Waals surface area (Å²) in [5.41, 5.74) is 2.04. The van der Waals surface area contributed by atoms with Gasteiger partial charge in [0.05, 0.1) is 19.1 Å². The van der Waals surface area contributed by atoms with Gasteiger partial charge in [-0.15, -0.1) is 11.3 Å². The second-order valence-corrected chi connectivity index (χ2v) is 14.4. The third-order valence-electron chi connectivity index (χ3n) is 7.78. The van der Waals surface area contributed by atoms with Gasteiger partial charge in [-0.3, -0.25) is 14.4 Å². The van der Waals surface area contributed by atoms with Gasteiger partial charge < -0.3 is 19.5 Å². The molecule has 1 aromatic heterocycles. The Morgan fingerprint density at radius 2 is 1.80 bits per heavy atom. The minimum absolute atomic E-state index is 0.0148. The molecule has 2 N–H and O–H groups in total. The second-order valence-electron chi connectivity index (χ2n) is 11.5. The fourth-order valence-corrected chi connectivity index (χ4v) is 7.35. The third kappa shape index (κ3) is 8.43. The van der Waals surface area contributed by atoms with Crippen LogP contribution in [0.1, 0.15) is 25.0 Å². The lowest BCUT2D eigenvalue weighted by atomic mass is 10.0. The van der Waals surface area contributed by atoms with E-state index in [0.29, 0.717) is 36.6 Å². The van der Waals surface area contributed by atoms with Gasteiger partial charge in [-0.25, -0.2) is 8.42 Å². The van der Waals surface area contributed by atoms with E-state index in [4.69, 9.17) is 9.47 Å². The Labute approximate surface area is 269 Å². The summed E-state index contributed by atoms with van der Waals surface area (Å²) in [6.45, 7) is 5.36. The zero-order valence-corrected chi connectivity index (χ0v) is 27.3. The Morgan fingerprint density at radius 3 is 2.49 bits per heavy atom. The minimum atomic E-state index is -3.76. The van der Waals surface area contributed by atoms with Crippen LogP contribution in [-0.4, -0.2) is 68.1 Å². The molecule has 0 fully saturated rings. The van der Waals surface area contributed by atoms with Crippen LogP contribution in [-0.2, 0) is 27.8 Å². The number of ether oxygens (including phenoxy) is 2. The molecule has 0 saturated carbocycles. The van der Waals surface area contributed by atoms with Gasteiger partial charge in [0.2, 0.25) is 5.91 Å². The summed E-state index contributed by atoms with van der Waals surface area (Å²) in [6.07, 6.45) is -0.275. The van der Waals surface area contributed by atoms with Crippen LogP contribution in [0.4, 0.5) is 5.69 Å². The van der Waals surface area contributed by atoms with E-state index in [1.165, 1.54) is 0 Å². The van der Waals surface area contributed by atoms with Crippen molar-refractivity contribution >= 4 is 33.0 Å². The summed E-state index contributed by atoms with van der Waals surface area (Å²) in [5.74, 6) is 1.86. The number of hydrogen-bond acceptors (Lipinski definition) is 8. The molecule has 0 bridgehead atoms. The van der Waals surface area contributed by atoms with Crippen molar-refractivity contribution in [3.05, 3.63) is 101 Å². The van der Waals surface area contributed by atoms with E-state index in [9.17, 15) is 18.3 Å². The van der Waals surface area contributed by atoms with Crippen LogP contribution in [0.25, 0.3) is 0 Å². The molecule has 4 aromatic rings. The lowest BCUT2D eigenvalue weighted by Gasteiger charge is -2.34. The zero-order chi connectivity index (χ0) is 32.0. The molecule has 5 rings (SSSR count). The maximum absolute atomic E-state index is 13.5. The number of nitrogens with one attached hydrogen (secondary N) is 1. The van der Waals surface area contributed by atoms with E-state index >= 15 is 0 Å². The van der Waals surface area contributed by atoms with Gasteiger partial charge in [-0.1, -0.05) is 43.3 Å². The fraction of sp³-hybridized carbons (Fsp3) is 0.324. The van der Waals surface area contributed by atoms with Crippen LogP contribution < -0.4 is 14.2 Å². The molecule has 0 saturated heterocycles. The number of hydrogen-bond donors (Lipinski definition) is 2. The minimum Gasteiger partial charge on any atom is -0.488 e. The fourth-order valence-electron chi connectivity index (χ4n) is 5.30. The van der Waals surface area contributed by atoms with Crippen LogP contribution in [0.15, 0.2) is 94.5 Å². The topological polar surface area (TPSA) is 108 Å². The van der Waals surface area contributed by atoms with Crippen LogP contribution in [0.2, 0.25) is 0 Å². The largest absolute Gasteiger partial charge is 0.488 e. The van der Waals surface area contributed by atoms with Crippen molar-refractivity contribution in [2.45, 2.75) is 43.2 Å². The van der Waals surface area contributed by atoms with Gasteiger partial charge in [0, 0.05) is 36.8 Å². The highest BCUT2D eigenvalue weighted by Crippen LogP contribution is 2.31. The maximum Gasteiger partial charge on any atom is 0.271 e. The number of sulfonamides is 1. The van der Waals surface area contributed by atoms with E-state index in [1.807, 2.05) is 75.5 Å². The van der Waals surface area contributed by atoms with Crippen molar-refractivity contribution in [3.8, 4) is 17.2 Å². The zero-order valence-electron chi connectivity index (χ0n) is 25.6. The Kier molecular flexibility index (Phi) is 10.4. The number of rotatable bonds is 11. The van der Waals surface area contributed by atoms with Crippen LogP contribution in [0, 0.1) is 5.92 Å². The first kappa shape index (κ1) is 32.5. The monoisotopic (exact) mass is 649 g/mol. The summed E-state index contributed by atoms with van der Waals surface area (Å²) in [4.78, 5) is 17.4. The normalized spacial score (nSPS) is 17.9. The summed E-state index contributed by atoms with van der Waals surface area (Å²) in [7, 11) is -1.73. The van der Waals surface area contributed by atoms with Crippen molar-refractivity contribution < 1.29 is 27.8 Å². The smallest absolute Gasteiger partial charge is 0.271 e. The number of likely N-dealkylation sites (N-methyl/N-ethyl adjacent to an activating group) is 1. The number of carbonyl (C=O) groups excluding carboxylic acids is 1. The molecule has 0 spiro atoms. The first-order valence-electron chi connectivity index (χ1n) is 14.9. The summed E-state index contributed by atoms with van der Waals surface area (Å²) in [5, 5.41) is 11.6. The van der Waals surface area contributed by atoms with Crippen molar-refractivity contribution in [2.75, 3.05) is 31.5 Å². The molecule has 3 atom stereocenters. The highest BCUT2D eigenvalue weighted by Gasteiger charge is 2.31. The molecule has 45 heavy (non-hydrogen) atoms. The number of para-hydroxylation sites is 1. The maximum atomic E-state index is 13.5. The van der Waals surface area contributed by atoms with E-state index in [-0.39, 0.29) is 41.2 Å². The number of nitrogens with zero attached hydrogens (tertiary/aromatic N) is 2. The first-order valence-corrected chi connectivity index (χ1v) is 17.2. The van der Waals surface area contributed by atoms with E-state index in [2.05, 4.69) is 9.62 Å². The van der Waals surface area contributed by atoms with Crippen LogP contribution in [0.3, 0.4) is 0 Å². The number of aliphatic hydroxyl groups is 1. The Bertz CT molecular complexity index is 1660. The van der Waals surface area contributed by atoms with E-state index < -0.39 is 10.0 Å². The molecule has 1 amide bonds. The molecule has 0 aliphatic carbocycles. The number of amides is 1. The second kappa shape index (κ2) is 14.5. The Balaban J connectivity index is 1.34. The lowest BCUT2D eigenvalue weighted by molar-refractivity contribution is -0.134. The standard InChI is InChI=1S/C34H39N3O6S2/c1-24-20-37(25(2)23-38)33(39)19-27-18-28(35-45(40,41)34-10-7-17-44-34)13-16-31(27)43-32(24)22-36(3)21-26-11-14-30(15-12-26)42-29-8-5-4-6-9-29/h4-18,24-25,32,35,38H,19-23H2,1-3H3/t24-,25-,32+/m0/s1. The summed E-state index contributed by atoms with van der Waals surface area (Å²) >= 11 is 1.13. The van der Waals surface area contributed by atoms with Crippen LogP contribution in [0.5, 0.6) is 17.2 Å². The van der Waals surface area contributed by atoms with Gasteiger partial charge in [0.25, 0.3) is 10.0 Å². The number of carbonyl (C=O) groups is 1. The van der Waals surface area contributed by atoms with E-state index in [1.54, 1.807) is 40.6 Å². The van der Waals surface area contributed by atoms with Gasteiger partial charge >= 0.3 is 0 Å². The van der Waals surface area contributed by atoms with Gasteiger partial charge in [-0.05, 0) is 73.4 Å². The van der Waals surface area contributed by atoms with Crippen molar-refractivity contribution in [2.24, 2.45) is 5.92 Å². The molecule has 1 aliphatic rings. The lowest BCUT2D eigenvalue weighted by Crippen LogP contribution is -2.47. The van der Waals surface area contributed by atoms with Crippen LogP contribution >= 0.6 is 11.3 Å². The Morgan fingerprint density at radius 1 is 1.07 bits per heavy atom. The number of thiophene rings is 1. The number of fused-ring (bicyclic) bond motifs is 1. The SMILES string of the molecule is C[C@H]1CN([C@@H](C)CO)C(=O)Cc2cc(NS(=O)(=O)c3cccs3)ccc2O[C@@H]1CN(C)Cc1ccc(Oc2ccccc2)cc1. The molecular formula is C34H39N3O6S2. The molecule has 0 unspecified atom stereocenters. The molecule has 2 heterocycles. The molecular weight excluding hydrogens is 611 g/mol. The number of anilines is 1. The summed E-state index contributed by atoms with van der Waals surface area (Å²) < 4.78 is 41.1. The number of aliphatic hydroxyl groups excluding tert-OH is 1. The Hall–Kier alpha value is -3.90. The molecule has 0 radical (unpaired) electrons. The third-order valence-corrected chi connectivity index (χ3v) is 10.6. The van der Waals surface area contributed by atoms with Crippen molar-refractivity contribution in [3.63, 3.8) is 0 Å². The van der Waals surface area contributed by atoms with Gasteiger partial charge in [0.1, 0.15) is 27.6 Å². The summed E-state index contributed by atoms with van der Waals surface area (Å²) in [6, 6.07) is 25.5. The predicted octanol–water partition coefficient (Wildman–Crippen LogP) is 5.62. The van der Waals surface area contributed by atoms with Crippen molar-refractivity contribution in [1.82, 2.24) is 9.80 Å². The average Bonchev–Trinajstić information content (AvgIpc) is 3.58. The molecule has 11 heteroatoms. The first-order chi connectivity index (χ1) is 21.6. The average molecular weight is 650 g/mol. The predicted molar refractivity (Wildman–Crippen MR) is 176 cm³/mol. The molecule has 9 nitrogen and oxygen atoms in total. The highest BCUT2D eigenvalue weighted by molar-refractivity contribution is 7.94. The van der Waals surface area contributed by atoms with E-state index in [0.717, 1.165) is 28.4 Å². The van der Waals surface area contributed by atoms with Gasteiger partial charge in [-0.2, -0.15) is 0 Å². The molecule has 238 valence electrons. The van der Waals surface area contributed by atoms with Gasteiger partial charge in [0.15, 0.2) is 0 Å². The molecule has 3 aromatic carbocycles. The highest BCUT2D eigenvalue weighted by atomic mass is 32.2. The quantitative estimate of drug-likeness (QED) is 0.217. The number of benzene rings is 3.